The van der Waals surface area contributed by atoms with Gasteiger partial charge in [0.15, 0.2) is 11.5 Å². The summed E-state index contributed by atoms with van der Waals surface area (Å²) in [6.07, 6.45) is 18.1. The zero-order valence-corrected chi connectivity index (χ0v) is 59.9. The maximum absolute atomic E-state index is 12.5. The molecule has 518 valence electrons. The molecule has 14 aromatic rings. The van der Waals surface area contributed by atoms with E-state index in [1.807, 2.05) is 198 Å². The first-order valence-electron chi connectivity index (χ1n) is 31.8. The predicted octanol–water partition coefficient (Wildman–Crippen LogP) is 14.6. The second-order valence-electron chi connectivity index (χ2n) is 23.4. The van der Waals surface area contributed by atoms with Crippen LogP contribution in [0.2, 0.25) is 0 Å². The average Bonchev–Trinajstić information content (AvgIpc) is 1.67. The molecule has 0 spiro atoms. The van der Waals surface area contributed by atoms with Crippen LogP contribution in [0.5, 0.6) is 11.5 Å². The molecule has 0 amide bonds. The first-order chi connectivity index (χ1) is 47.6. The molecular formula is C75H87F2N20O3+. The molecule has 13 heterocycles. The maximum Gasteiger partial charge on any atom is 0.586 e. The van der Waals surface area contributed by atoms with Crippen LogP contribution >= 0.6 is 0 Å². The minimum absolute atomic E-state index is 0.0972. The molecule has 23 nitrogen and oxygen atoms in total. The Balaban J connectivity index is 0.000000156. The molecule has 0 atom stereocenters. The standard InChI is InChI=1S/C8H6F2O2.3C8H9N3.C8H8N2.C8H10.C7H8N4.2C7H10N2.C6H8NO/c1-5-3-2-4-6-7(5)12-8(9,10)11-6;1-6-3-8-7(4-9-6)5-10-11(8)2;1-5-3-9-4-7-8(5)11-6(2)10-7;1-6-3-4-11-7(2)5-9-8(11)10-6;1-10-8-5-3-2-4-7(8)6-9-10;1-7-5-3-4-6-8(7)2;1-5-3-9-11-6(2)4-8-7(11)10-5;1-5-4-8-6(2)7(3)9-5;1-5-4-8-7(3)9-6(5)2;1-6-4-2-3-5-7(6)8/h2-4H,1H3;3-5H,1-2H3;3-4,10-11H,2H2,1H3;3-5H,1-2H3;2-6H,1H3;3-6H,1-2H3;3-4H,1-2H3;2*4H,1-3H3;2-5,8H,1H3/q;;;;;;;;;+1. The molecular weight excluding hydrogens is 1270 g/mol. The fraction of sp³-hybridized carbons (Fsp3) is 0.253. The zero-order valence-electron chi connectivity index (χ0n) is 59.9. The molecule has 100 heavy (non-hydrogen) atoms. The summed E-state index contributed by atoms with van der Waals surface area (Å²) in [5, 5.41) is 29.7. The number of para-hydroxylation sites is 2. The van der Waals surface area contributed by atoms with Gasteiger partial charge in [-0.1, -0.05) is 61.2 Å². The topological polar surface area (TPSA) is 253 Å². The fourth-order valence-electron chi connectivity index (χ4n) is 9.05. The van der Waals surface area contributed by atoms with Crippen LogP contribution in [0.1, 0.15) is 90.6 Å². The summed E-state index contributed by atoms with van der Waals surface area (Å²) in [5.74, 6) is 3.33. The third-order valence-corrected chi connectivity index (χ3v) is 15.1. The van der Waals surface area contributed by atoms with Crippen LogP contribution in [0.15, 0.2) is 184 Å². The van der Waals surface area contributed by atoms with Gasteiger partial charge in [0.2, 0.25) is 17.7 Å². The Kier molecular flexibility index (Phi) is 26.6. The lowest BCUT2D eigenvalue weighted by atomic mass is 10.1. The van der Waals surface area contributed by atoms with Crippen molar-refractivity contribution in [1.29, 1.82) is 0 Å². The lowest BCUT2D eigenvalue weighted by Gasteiger charge is -2.04. The van der Waals surface area contributed by atoms with Crippen molar-refractivity contribution in [2.24, 2.45) is 14.1 Å². The first-order valence-corrected chi connectivity index (χ1v) is 31.8. The van der Waals surface area contributed by atoms with Crippen molar-refractivity contribution in [3.8, 4) is 11.5 Å². The average molecular weight is 1350 g/mol. The van der Waals surface area contributed by atoms with Gasteiger partial charge in [0.1, 0.15) is 11.6 Å². The Morgan fingerprint density at radius 2 is 1.12 bits per heavy atom. The number of anilines is 2. The van der Waals surface area contributed by atoms with E-state index < -0.39 is 6.29 Å². The number of rotatable bonds is 0. The van der Waals surface area contributed by atoms with E-state index in [4.69, 9.17) is 5.21 Å². The highest BCUT2D eigenvalue weighted by Gasteiger charge is 2.44. The number of aryl methyl sites for hydroxylation is 18. The van der Waals surface area contributed by atoms with E-state index in [1.165, 1.54) is 28.1 Å². The molecule has 3 aromatic carbocycles. The normalized spacial score (nSPS) is 11.5. The minimum atomic E-state index is -3.51. The number of pyridine rings is 3. The van der Waals surface area contributed by atoms with Crippen molar-refractivity contribution in [1.82, 2.24) is 83.4 Å². The van der Waals surface area contributed by atoms with E-state index in [0.717, 1.165) is 112 Å². The number of hydrogen-bond donors (Lipinski definition) is 3. The van der Waals surface area contributed by atoms with Crippen LogP contribution in [-0.2, 0) is 14.1 Å². The summed E-state index contributed by atoms with van der Waals surface area (Å²) in [6.45, 7) is 35.1. The van der Waals surface area contributed by atoms with Crippen LogP contribution in [-0.4, -0.2) is 94.9 Å². The minimum Gasteiger partial charge on any atom is -0.395 e. The molecule has 0 radical (unpaired) electrons. The molecule has 0 fully saturated rings. The van der Waals surface area contributed by atoms with Gasteiger partial charge in [-0.25, -0.2) is 34.4 Å². The van der Waals surface area contributed by atoms with E-state index >= 15 is 0 Å². The molecule has 11 aromatic heterocycles. The summed E-state index contributed by atoms with van der Waals surface area (Å²) in [4.78, 5) is 41.4. The highest BCUT2D eigenvalue weighted by Crippen LogP contribution is 2.42. The quantitative estimate of drug-likeness (QED) is 0.0942. The van der Waals surface area contributed by atoms with E-state index in [0.29, 0.717) is 11.3 Å². The van der Waals surface area contributed by atoms with Crippen molar-refractivity contribution < 1.29 is 28.2 Å². The van der Waals surface area contributed by atoms with Crippen molar-refractivity contribution in [2.75, 3.05) is 10.6 Å². The van der Waals surface area contributed by atoms with Crippen LogP contribution < -0.4 is 24.8 Å². The third kappa shape index (κ3) is 22.0. The van der Waals surface area contributed by atoms with Crippen LogP contribution in [0.25, 0.3) is 33.4 Å². The second-order valence-corrected chi connectivity index (χ2v) is 23.4. The van der Waals surface area contributed by atoms with Gasteiger partial charge < -0.3 is 20.1 Å². The predicted molar refractivity (Wildman–Crippen MR) is 386 cm³/mol. The fourth-order valence-corrected chi connectivity index (χ4v) is 9.05. The lowest BCUT2D eigenvalue weighted by Crippen LogP contribution is -2.32. The highest BCUT2D eigenvalue weighted by atomic mass is 19.3. The molecule has 2 aliphatic rings. The van der Waals surface area contributed by atoms with Gasteiger partial charge in [-0.05, 0) is 162 Å². The Morgan fingerprint density at radius 3 is 1.75 bits per heavy atom. The summed E-state index contributed by atoms with van der Waals surface area (Å²) in [6, 6.07) is 30.8. The first kappa shape index (κ1) is 75.4. The summed E-state index contributed by atoms with van der Waals surface area (Å²) in [7, 11) is 3.88. The number of ether oxygens (including phenoxy) is 2. The largest absolute Gasteiger partial charge is 0.586 e. The monoisotopic (exact) mass is 1350 g/mol. The summed E-state index contributed by atoms with van der Waals surface area (Å²) < 4.78 is 41.9. The molecule has 0 saturated heterocycles. The van der Waals surface area contributed by atoms with Crippen molar-refractivity contribution in [3.63, 3.8) is 0 Å². The van der Waals surface area contributed by atoms with Crippen LogP contribution in [0.3, 0.4) is 0 Å². The molecule has 0 unspecified atom stereocenters. The Morgan fingerprint density at radius 1 is 0.480 bits per heavy atom. The number of alkyl halides is 2. The Bertz CT molecular complexity index is 4810. The molecule has 16 rings (SSSR count). The lowest BCUT2D eigenvalue weighted by molar-refractivity contribution is -0.908. The smallest absolute Gasteiger partial charge is 0.395 e. The Hall–Kier alpha value is -12.0. The highest BCUT2D eigenvalue weighted by molar-refractivity contribution is 5.80. The SMILES string of the molecule is C=C1Nc2cncc(C)c2N1.Cc1cc2c(cn1)cnn2C.Cc1cccc2c1OC(F)(F)O2.Cc1cccc[n+]1O.Cc1ccccc1C.Cc1ccn2c(C)cnc2n1.Cc1cnc(C)c(C)n1.Cc1cnn2c(C)cnc2n1.Cc1ncc(C)c(C)n1.Cn1ncc2ccccc21. The van der Waals surface area contributed by atoms with Gasteiger partial charge in [0.25, 0.3) is 5.78 Å². The van der Waals surface area contributed by atoms with Crippen LogP contribution in [0.4, 0.5) is 20.2 Å². The number of nitrogens with one attached hydrogen (secondary N) is 2. The molecule has 2 aliphatic heterocycles. The molecule has 3 N–H and O–H groups in total. The van der Waals surface area contributed by atoms with Gasteiger partial charge in [0.05, 0.1) is 88.1 Å². The third-order valence-electron chi connectivity index (χ3n) is 15.1. The van der Waals surface area contributed by atoms with Gasteiger partial charge in [-0.3, -0.25) is 38.9 Å². The molecule has 0 bridgehead atoms. The second kappa shape index (κ2) is 35.3. The van der Waals surface area contributed by atoms with Crippen molar-refractivity contribution >= 4 is 44.7 Å². The van der Waals surface area contributed by atoms with Gasteiger partial charge >= 0.3 is 6.29 Å². The number of nitrogens with zero attached hydrogens (tertiary/aromatic N) is 18. The van der Waals surface area contributed by atoms with E-state index in [2.05, 4.69) is 142 Å². The number of fused-ring (bicyclic) bond motifs is 6. The maximum atomic E-state index is 12.5. The number of halogens is 2. The van der Waals surface area contributed by atoms with Crippen molar-refractivity contribution in [2.45, 2.75) is 117 Å². The van der Waals surface area contributed by atoms with E-state index in [9.17, 15) is 8.78 Å². The zero-order chi connectivity index (χ0) is 72.8. The summed E-state index contributed by atoms with van der Waals surface area (Å²) in [5.41, 5.74) is 20.1. The van der Waals surface area contributed by atoms with Gasteiger partial charge in [-0.2, -0.15) is 15.3 Å². The Labute approximate surface area is 581 Å². The van der Waals surface area contributed by atoms with Gasteiger partial charge in [-0.15, -0.1) is 8.78 Å². The van der Waals surface area contributed by atoms with Crippen molar-refractivity contribution in [3.05, 3.63) is 274 Å². The van der Waals surface area contributed by atoms with E-state index in [1.54, 1.807) is 60.6 Å². The van der Waals surface area contributed by atoms with Gasteiger partial charge in [0, 0.05) is 102 Å². The molecule has 0 aliphatic carbocycles. The van der Waals surface area contributed by atoms with Crippen LogP contribution in [0, 0.1) is 111 Å². The number of imidazole rings is 2. The molecule has 0 saturated carbocycles. The molecule has 25 heteroatoms. The summed E-state index contributed by atoms with van der Waals surface area (Å²) >= 11 is 0. The van der Waals surface area contributed by atoms with E-state index in [-0.39, 0.29) is 11.5 Å². The number of hydrogen-bond acceptors (Lipinski definition) is 18. The number of aromatic nitrogens is 18. The number of benzene rings is 3.